The van der Waals surface area contributed by atoms with Gasteiger partial charge in [-0.25, -0.2) is 0 Å². The van der Waals surface area contributed by atoms with Gasteiger partial charge in [0.15, 0.2) is 0 Å². The van der Waals surface area contributed by atoms with Crippen molar-refractivity contribution in [3.05, 3.63) is 35.5 Å². The molecule has 17 heavy (non-hydrogen) atoms. The molecule has 1 aliphatic rings. The monoisotopic (exact) mass is 233 g/mol. The van der Waals surface area contributed by atoms with E-state index < -0.39 is 0 Å². The summed E-state index contributed by atoms with van der Waals surface area (Å²) in [6, 6.07) is 7.20. The van der Waals surface area contributed by atoms with Gasteiger partial charge in [0.2, 0.25) is 0 Å². The molecule has 0 saturated carbocycles. The Kier molecular flexibility index (Phi) is 4.64. The van der Waals surface area contributed by atoms with Crippen molar-refractivity contribution < 1.29 is 4.84 Å². The summed E-state index contributed by atoms with van der Waals surface area (Å²) in [5, 5.41) is 0. The Hall–Kier alpha value is -1.26. The van der Waals surface area contributed by atoms with Gasteiger partial charge in [-0.1, -0.05) is 30.7 Å². The lowest BCUT2D eigenvalue weighted by molar-refractivity contribution is 0.150. The zero-order chi connectivity index (χ0) is 11.9. The molecule has 1 saturated heterocycles. The Morgan fingerprint density at radius 3 is 2.71 bits per heavy atom. The van der Waals surface area contributed by atoms with Gasteiger partial charge in [-0.05, 0) is 25.9 Å². The third-order valence-electron chi connectivity index (χ3n) is 3.01. The van der Waals surface area contributed by atoms with Crippen LogP contribution in [0.25, 0.3) is 11.2 Å². The van der Waals surface area contributed by atoms with E-state index in [2.05, 4.69) is 10.4 Å². The highest BCUT2D eigenvalue weighted by atomic mass is 16.6. The van der Waals surface area contributed by atoms with Gasteiger partial charge < -0.3 is 21.0 Å². The summed E-state index contributed by atoms with van der Waals surface area (Å²) in [5.74, 6) is 0. The zero-order valence-electron chi connectivity index (χ0n) is 10.1. The van der Waals surface area contributed by atoms with E-state index in [4.69, 9.17) is 10.6 Å². The van der Waals surface area contributed by atoms with Gasteiger partial charge in [0, 0.05) is 13.2 Å². The van der Waals surface area contributed by atoms with Gasteiger partial charge >= 0.3 is 0 Å². The van der Waals surface area contributed by atoms with Crippen molar-refractivity contribution in [2.24, 2.45) is 0 Å². The summed E-state index contributed by atoms with van der Waals surface area (Å²) in [7, 11) is 0. The standard InChI is InChI=1S/C13H19N3O/c14-12-6-2-3-7-13(12)15-17-11-10-16-8-4-1-5-9-16/h2-3,6-7,14H,1,4-5,8-11H2/q-2. The molecule has 0 unspecified atom stereocenters. The third kappa shape index (κ3) is 3.91. The van der Waals surface area contributed by atoms with E-state index >= 15 is 0 Å². The van der Waals surface area contributed by atoms with Crippen molar-refractivity contribution in [3.63, 3.8) is 0 Å². The Balaban J connectivity index is 1.64. The summed E-state index contributed by atoms with van der Waals surface area (Å²) in [5.41, 5.74) is 12.6. The molecule has 0 atom stereocenters. The maximum absolute atomic E-state index is 7.62. The molecule has 1 heterocycles. The van der Waals surface area contributed by atoms with Crippen LogP contribution in [0, 0.1) is 0 Å². The summed E-state index contributed by atoms with van der Waals surface area (Å²) < 4.78 is 0. The molecule has 4 heteroatoms. The molecule has 0 bridgehead atoms. The molecule has 0 aromatic heterocycles. The Morgan fingerprint density at radius 2 is 1.94 bits per heavy atom. The average molecular weight is 233 g/mol. The second kappa shape index (κ2) is 6.47. The van der Waals surface area contributed by atoms with Crippen LogP contribution in [-0.4, -0.2) is 31.1 Å². The van der Waals surface area contributed by atoms with Crippen LogP contribution >= 0.6 is 0 Å². The molecule has 0 radical (unpaired) electrons. The molecule has 0 spiro atoms. The number of likely N-dealkylation sites (tertiary alicyclic amines) is 1. The lowest BCUT2D eigenvalue weighted by atomic mass is 10.1. The first-order chi connectivity index (χ1) is 8.36. The number of nitrogens with one attached hydrogen (secondary N) is 1. The van der Waals surface area contributed by atoms with Crippen LogP contribution in [0.5, 0.6) is 0 Å². The molecule has 1 aliphatic heterocycles. The van der Waals surface area contributed by atoms with E-state index in [0.717, 1.165) is 6.54 Å². The van der Waals surface area contributed by atoms with Crippen molar-refractivity contribution in [2.45, 2.75) is 19.3 Å². The second-order valence-electron chi connectivity index (χ2n) is 4.34. The Bertz CT molecular complexity index is 337. The quantitative estimate of drug-likeness (QED) is 0.573. The van der Waals surface area contributed by atoms with Crippen molar-refractivity contribution in [3.8, 4) is 0 Å². The summed E-state index contributed by atoms with van der Waals surface area (Å²) in [4.78, 5) is 7.67. The summed E-state index contributed by atoms with van der Waals surface area (Å²) >= 11 is 0. The fourth-order valence-electron chi connectivity index (χ4n) is 2.02. The highest BCUT2D eigenvalue weighted by Gasteiger charge is 2.07. The van der Waals surface area contributed by atoms with Crippen molar-refractivity contribution in [2.75, 3.05) is 26.2 Å². The lowest BCUT2D eigenvalue weighted by Gasteiger charge is -2.30. The first-order valence-corrected chi connectivity index (χ1v) is 6.22. The van der Waals surface area contributed by atoms with E-state index in [1.807, 2.05) is 12.1 Å². The predicted octanol–water partition coefficient (Wildman–Crippen LogP) is 3.79. The van der Waals surface area contributed by atoms with Crippen LogP contribution in [0.2, 0.25) is 0 Å². The summed E-state index contributed by atoms with van der Waals surface area (Å²) in [6.07, 6.45) is 3.95. The smallest absolute Gasteiger partial charge is 0.0424 e. The Morgan fingerprint density at radius 1 is 1.18 bits per heavy atom. The molecule has 4 nitrogen and oxygen atoms in total. The average Bonchev–Trinajstić information content (AvgIpc) is 2.38. The zero-order valence-corrected chi connectivity index (χ0v) is 10.1. The van der Waals surface area contributed by atoms with E-state index in [1.165, 1.54) is 32.4 Å². The van der Waals surface area contributed by atoms with Crippen molar-refractivity contribution in [1.82, 2.24) is 4.90 Å². The topological polar surface area (TPSA) is 50.4 Å². The largest absolute Gasteiger partial charge is 0.700 e. The van der Waals surface area contributed by atoms with Crippen molar-refractivity contribution in [1.29, 1.82) is 0 Å². The lowest BCUT2D eigenvalue weighted by Crippen LogP contribution is -2.32. The van der Waals surface area contributed by atoms with E-state index in [-0.39, 0.29) is 0 Å². The molecule has 1 aromatic carbocycles. The van der Waals surface area contributed by atoms with E-state index in [9.17, 15) is 0 Å². The number of rotatable bonds is 5. The normalized spacial score (nSPS) is 16.9. The van der Waals surface area contributed by atoms with Crippen LogP contribution in [0.1, 0.15) is 19.3 Å². The highest BCUT2D eigenvalue weighted by Crippen LogP contribution is 2.29. The highest BCUT2D eigenvalue weighted by molar-refractivity contribution is 5.69. The minimum absolute atomic E-state index is 0.408. The molecule has 1 aromatic rings. The van der Waals surface area contributed by atoms with E-state index in [0.29, 0.717) is 18.0 Å². The molecule has 0 amide bonds. The number of nitrogens with zero attached hydrogens (tertiary/aromatic N) is 2. The molecule has 1 fully saturated rings. The van der Waals surface area contributed by atoms with Crippen LogP contribution in [-0.2, 0) is 4.84 Å². The number of benzene rings is 1. The molecule has 0 aliphatic carbocycles. The predicted molar refractivity (Wildman–Crippen MR) is 69.7 cm³/mol. The third-order valence-corrected chi connectivity index (χ3v) is 3.01. The maximum atomic E-state index is 7.62. The molecular weight excluding hydrogens is 214 g/mol. The van der Waals surface area contributed by atoms with Gasteiger partial charge in [0.1, 0.15) is 0 Å². The fourth-order valence-corrected chi connectivity index (χ4v) is 2.02. The van der Waals surface area contributed by atoms with Gasteiger partial charge in [-0.15, -0.1) is 5.69 Å². The molecule has 94 valence electrons. The number of hydrogen-bond acceptors (Lipinski definition) is 2. The van der Waals surface area contributed by atoms with Crippen molar-refractivity contribution >= 4 is 11.4 Å². The van der Waals surface area contributed by atoms with Crippen LogP contribution in [0.4, 0.5) is 11.4 Å². The molecule has 2 rings (SSSR count). The van der Waals surface area contributed by atoms with Crippen LogP contribution in [0.15, 0.2) is 24.3 Å². The number of hydrogen-bond donors (Lipinski definition) is 0. The second-order valence-corrected chi connectivity index (χ2v) is 4.34. The van der Waals surface area contributed by atoms with Gasteiger partial charge in [-0.2, -0.15) is 5.69 Å². The van der Waals surface area contributed by atoms with Crippen LogP contribution < -0.4 is 0 Å². The minimum atomic E-state index is 0.408. The first-order valence-electron chi connectivity index (χ1n) is 6.22. The Labute approximate surface area is 103 Å². The van der Waals surface area contributed by atoms with Gasteiger partial charge in [-0.3, -0.25) is 0 Å². The number of piperidine rings is 1. The molecule has 1 N–H and O–H groups in total. The van der Waals surface area contributed by atoms with Crippen LogP contribution in [0.3, 0.4) is 0 Å². The van der Waals surface area contributed by atoms with Gasteiger partial charge in [0.25, 0.3) is 0 Å². The van der Waals surface area contributed by atoms with E-state index in [1.54, 1.807) is 12.1 Å². The summed E-state index contributed by atoms with van der Waals surface area (Å²) in [6.45, 7) is 3.90. The van der Waals surface area contributed by atoms with Gasteiger partial charge in [0.05, 0.1) is 0 Å². The maximum Gasteiger partial charge on any atom is 0.0424 e. The SMILES string of the molecule is [NH-]c1ccccc1[N-]OCCN1CCCCC1. The molecular formula is C13H19N3O-2. The fraction of sp³-hybridized carbons (Fsp3) is 0.538. The first kappa shape index (κ1) is 12.2. The minimum Gasteiger partial charge on any atom is -0.700 e.